The Balaban J connectivity index is 2.31. The highest BCUT2D eigenvalue weighted by Crippen LogP contribution is 2.52. The molecule has 1 aromatic rings. The van der Waals surface area contributed by atoms with E-state index in [-0.39, 0.29) is 5.41 Å². The minimum atomic E-state index is -0.562. The smallest absolute Gasteiger partial charge is 0.169 e. The Morgan fingerprint density at radius 1 is 1.37 bits per heavy atom. The highest BCUT2D eigenvalue weighted by molar-refractivity contribution is 9.10. The zero-order valence-electron chi connectivity index (χ0n) is 11.0. The Morgan fingerprint density at radius 3 is 2.58 bits per heavy atom. The van der Waals surface area contributed by atoms with Crippen molar-refractivity contribution < 1.29 is 9.47 Å². The Labute approximate surface area is 120 Å². The largest absolute Gasteiger partial charge is 0.353 e. The Kier molecular flexibility index (Phi) is 4.16. The van der Waals surface area contributed by atoms with Crippen LogP contribution in [0.3, 0.4) is 0 Å². The number of hydrogen-bond acceptors (Lipinski definition) is 3. The predicted octanol–water partition coefficient (Wildman–Crippen LogP) is 3.78. The summed E-state index contributed by atoms with van der Waals surface area (Å²) in [5, 5.41) is 3.76. The topological polar surface area (TPSA) is 67.2 Å². The van der Waals surface area contributed by atoms with Gasteiger partial charge in [0.1, 0.15) is 0 Å². The maximum Gasteiger partial charge on any atom is 0.169 e. The average molecular weight is 326 g/mol. The average Bonchev–Trinajstić information content (AvgIpc) is 2.39. The lowest BCUT2D eigenvalue weighted by Gasteiger charge is -2.54. The van der Waals surface area contributed by atoms with Crippen molar-refractivity contribution in [2.75, 3.05) is 20.8 Å². The zero-order valence-corrected chi connectivity index (χ0v) is 12.6. The lowest BCUT2D eigenvalue weighted by atomic mass is 9.60. The summed E-state index contributed by atoms with van der Waals surface area (Å²) in [5.74, 6) is -0.562. The van der Waals surface area contributed by atoms with Crippen LogP contribution in [0.5, 0.6) is 0 Å². The molecule has 102 valence electrons. The summed E-state index contributed by atoms with van der Waals surface area (Å²) in [6, 6.07) is 8.06. The van der Waals surface area contributed by atoms with Crippen LogP contribution in [0.4, 0.5) is 0 Å². The maximum atomic E-state index is 8.58. The van der Waals surface area contributed by atoms with Gasteiger partial charge < -0.3 is 9.47 Å². The molecule has 0 saturated heterocycles. The van der Waals surface area contributed by atoms with Crippen molar-refractivity contribution in [3.05, 3.63) is 44.7 Å². The van der Waals surface area contributed by atoms with Crippen LogP contribution in [0.1, 0.15) is 18.4 Å². The summed E-state index contributed by atoms with van der Waals surface area (Å²) in [7, 11) is 3.28. The lowest BCUT2D eigenvalue weighted by Crippen LogP contribution is -2.58. The van der Waals surface area contributed by atoms with E-state index in [1.165, 1.54) is 0 Å². The molecule has 1 aliphatic carbocycles. The van der Waals surface area contributed by atoms with Crippen molar-refractivity contribution in [3.63, 3.8) is 0 Å². The second-order valence-corrected chi connectivity index (χ2v) is 5.77. The molecule has 0 aromatic heterocycles. The van der Waals surface area contributed by atoms with E-state index in [9.17, 15) is 0 Å². The normalized spacial score (nSPS) is 19.3. The van der Waals surface area contributed by atoms with Gasteiger partial charge in [0.15, 0.2) is 5.79 Å². The molecular formula is C13H16BrN3O2. The fourth-order valence-electron chi connectivity index (χ4n) is 2.74. The number of benzene rings is 1. The number of ether oxygens (including phenoxy) is 2. The van der Waals surface area contributed by atoms with Crippen LogP contribution in [0.25, 0.3) is 10.4 Å². The van der Waals surface area contributed by atoms with Crippen LogP contribution in [-0.4, -0.2) is 26.6 Å². The van der Waals surface area contributed by atoms with Crippen LogP contribution in [0.2, 0.25) is 0 Å². The summed E-state index contributed by atoms with van der Waals surface area (Å²) in [6.45, 7) is 0.411. The Bertz CT molecular complexity index is 502. The molecule has 0 atom stereocenters. The minimum Gasteiger partial charge on any atom is -0.353 e. The first-order chi connectivity index (χ1) is 9.10. The van der Waals surface area contributed by atoms with E-state index in [4.69, 9.17) is 15.0 Å². The number of methoxy groups -OCH3 is 2. The highest BCUT2D eigenvalue weighted by Gasteiger charge is 2.56. The molecule has 6 heteroatoms. The zero-order chi connectivity index (χ0) is 13.9. The standard InChI is InChI=1S/C13H16BrN3O2/c1-18-13(19-2)7-12(8-13,9-16-17-15)10-4-3-5-11(14)6-10/h3-6H,7-9H2,1-2H3. The van der Waals surface area contributed by atoms with Crippen LogP contribution < -0.4 is 0 Å². The monoisotopic (exact) mass is 325 g/mol. The highest BCUT2D eigenvalue weighted by atomic mass is 79.9. The Morgan fingerprint density at radius 2 is 2.05 bits per heavy atom. The molecular weight excluding hydrogens is 310 g/mol. The van der Waals surface area contributed by atoms with E-state index in [0.717, 1.165) is 10.0 Å². The predicted molar refractivity (Wildman–Crippen MR) is 75.8 cm³/mol. The van der Waals surface area contributed by atoms with Crippen molar-refractivity contribution in [3.8, 4) is 0 Å². The van der Waals surface area contributed by atoms with Gasteiger partial charge in [-0.2, -0.15) is 0 Å². The number of hydrogen-bond donors (Lipinski definition) is 0. The van der Waals surface area contributed by atoms with E-state index in [1.807, 2.05) is 18.2 Å². The van der Waals surface area contributed by atoms with Gasteiger partial charge in [-0.05, 0) is 23.2 Å². The third-order valence-corrected chi connectivity index (χ3v) is 4.33. The van der Waals surface area contributed by atoms with Crippen molar-refractivity contribution in [2.24, 2.45) is 5.11 Å². The van der Waals surface area contributed by atoms with E-state index >= 15 is 0 Å². The maximum absolute atomic E-state index is 8.58. The van der Waals surface area contributed by atoms with Crippen LogP contribution in [0.15, 0.2) is 33.9 Å². The lowest BCUT2D eigenvalue weighted by molar-refractivity contribution is -0.276. The molecule has 5 nitrogen and oxygen atoms in total. The molecule has 0 bridgehead atoms. The van der Waals surface area contributed by atoms with Gasteiger partial charge in [0.2, 0.25) is 0 Å². The fourth-order valence-corrected chi connectivity index (χ4v) is 3.14. The summed E-state index contributed by atoms with van der Waals surface area (Å²) in [5.41, 5.74) is 9.51. The van der Waals surface area contributed by atoms with Gasteiger partial charge in [0.05, 0.1) is 0 Å². The SMILES string of the molecule is COC1(OC)CC(CN=[N+]=[N-])(c2cccc(Br)c2)C1. The second kappa shape index (κ2) is 5.51. The third kappa shape index (κ3) is 2.62. The van der Waals surface area contributed by atoms with Gasteiger partial charge >= 0.3 is 0 Å². The molecule has 2 rings (SSSR count). The number of azide groups is 1. The molecule has 1 fully saturated rings. The molecule has 0 spiro atoms. The Hall–Kier alpha value is -1.07. The molecule has 1 aliphatic rings. The van der Waals surface area contributed by atoms with Crippen LogP contribution >= 0.6 is 15.9 Å². The van der Waals surface area contributed by atoms with Crippen LogP contribution in [-0.2, 0) is 14.9 Å². The van der Waals surface area contributed by atoms with Crippen molar-refractivity contribution in [1.82, 2.24) is 0 Å². The molecule has 1 saturated carbocycles. The first kappa shape index (κ1) is 14.3. The van der Waals surface area contributed by atoms with Gasteiger partial charge in [0, 0.05) is 48.4 Å². The summed E-state index contributed by atoms with van der Waals surface area (Å²) in [6.07, 6.45) is 1.37. The summed E-state index contributed by atoms with van der Waals surface area (Å²) < 4.78 is 11.9. The molecule has 0 radical (unpaired) electrons. The van der Waals surface area contributed by atoms with Gasteiger partial charge in [-0.1, -0.05) is 33.2 Å². The fraction of sp³-hybridized carbons (Fsp3) is 0.538. The van der Waals surface area contributed by atoms with Gasteiger partial charge in [-0.25, -0.2) is 0 Å². The number of nitrogens with zero attached hydrogens (tertiary/aromatic N) is 3. The molecule has 0 unspecified atom stereocenters. The van der Waals surface area contributed by atoms with Gasteiger partial charge in [-0.3, -0.25) is 0 Å². The van der Waals surface area contributed by atoms with E-state index in [0.29, 0.717) is 19.4 Å². The molecule has 19 heavy (non-hydrogen) atoms. The number of rotatable bonds is 5. The van der Waals surface area contributed by atoms with E-state index < -0.39 is 5.79 Å². The van der Waals surface area contributed by atoms with Crippen molar-refractivity contribution in [2.45, 2.75) is 24.0 Å². The molecule has 0 amide bonds. The summed E-state index contributed by atoms with van der Waals surface area (Å²) >= 11 is 3.47. The minimum absolute atomic E-state index is 0.206. The number of halogens is 1. The second-order valence-electron chi connectivity index (χ2n) is 4.85. The molecule has 0 aliphatic heterocycles. The first-order valence-electron chi connectivity index (χ1n) is 5.97. The van der Waals surface area contributed by atoms with E-state index in [1.54, 1.807) is 14.2 Å². The quantitative estimate of drug-likeness (QED) is 0.358. The third-order valence-electron chi connectivity index (χ3n) is 3.83. The molecule has 0 N–H and O–H groups in total. The van der Waals surface area contributed by atoms with Crippen molar-refractivity contribution in [1.29, 1.82) is 0 Å². The van der Waals surface area contributed by atoms with E-state index in [2.05, 4.69) is 32.0 Å². The van der Waals surface area contributed by atoms with Gasteiger partial charge in [-0.15, -0.1) is 0 Å². The first-order valence-corrected chi connectivity index (χ1v) is 6.76. The molecule has 0 heterocycles. The van der Waals surface area contributed by atoms with Crippen molar-refractivity contribution >= 4 is 15.9 Å². The van der Waals surface area contributed by atoms with Gasteiger partial charge in [0.25, 0.3) is 0 Å². The molecule has 1 aromatic carbocycles. The summed E-state index contributed by atoms with van der Waals surface area (Å²) in [4.78, 5) is 2.88. The van der Waals surface area contributed by atoms with Crippen LogP contribution in [0, 0.1) is 0 Å².